The third-order valence-electron chi connectivity index (χ3n) is 3.54. The van der Waals surface area contributed by atoms with E-state index in [0.717, 1.165) is 9.88 Å². The van der Waals surface area contributed by atoms with Crippen molar-refractivity contribution in [2.75, 3.05) is 5.32 Å². The first kappa shape index (κ1) is 17.7. The van der Waals surface area contributed by atoms with Gasteiger partial charge in [0.15, 0.2) is 5.82 Å². The summed E-state index contributed by atoms with van der Waals surface area (Å²) in [7, 11) is 0. The van der Waals surface area contributed by atoms with Gasteiger partial charge in [0.2, 0.25) is 5.91 Å². The maximum Gasteiger partial charge on any atom is 0.439 e. The largest absolute Gasteiger partial charge is 0.439 e. The third-order valence-corrected chi connectivity index (χ3v) is 5.83. The second kappa shape index (κ2) is 7.47. The normalized spacial score (nSPS) is 10.9. The van der Waals surface area contributed by atoms with Gasteiger partial charge in [-0.3, -0.25) is 14.3 Å². The van der Waals surface area contributed by atoms with E-state index in [2.05, 4.69) is 25.0 Å². The number of carbonyl (C=O) groups is 1. The van der Waals surface area contributed by atoms with E-state index in [4.69, 9.17) is 11.6 Å². The molecular formula is C17H11ClN4O3S2. The Morgan fingerprint density at radius 2 is 2.19 bits per heavy atom. The first-order chi connectivity index (χ1) is 13.1. The Balaban J connectivity index is 1.44. The molecule has 0 aliphatic carbocycles. The van der Waals surface area contributed by atoms with Crippen LogP contribution in [-0.2, 0) is 11.2 Å². The number of rotatable bonds is 5. The molecule has 3 heterocycles. The molecule has 0 saturated heterocycles. The molecule has 0 fully saturated rings. The van der Waals surface area contributed by atoms with E-state index in [1.54, 1.807) is 24.3 Å². The van der Waals surface area contributed by atoms with Crippen molar-refractivity contribution in [1.82, 2.24) is 15.1 Å². The van der Waals surface area contributed by atoms with Gasteiger partial charge in [0.1, 0.15) is 5.01 Å². The zero-order valence-electron chi connectivity index (χ0n) is 13.6. The highest BCUT2D eigenvalue weighted by Gasteiger charge is 2.12. The van der Waals surface area contributed by atoms with Crippen LogP contribution in [0.4, 0.5) is 5.69 Å². The van der Waals surface area contributed by atoms with Gasteiger partial charge >= 0.3 is 5.76 Å². The van der Waals surface area contributed by atoms with Crippen molar-refractivity contribution in [2.24, 2.45) is 0 Å². The van der Waals surface area contributed by atoms with E-state index in [-0.39, 0.29) is 12.3 Å². The Kier molecular flexibility index (Phi) is 4.88. The Morgan fingerprint density at radius 1 is 1.30 bits per heavy atom. The number of benzene rings is 1. The Labute approximate surface area is 165 Å². The monoisotopic (exact) mass is 418 g/mol. The number of thiophene rings is 1. The van der Waals surface area contributed by atoms with Gasteiger partial charge in [-0.1, -0.05) is 28.9 Å². The lowest BCUT2D eigenvalue weighted by molar-refractivity contribution is -0.115. The van der Waals surface area contributed by atoms with E-state index in [1.807, 2.05) is 17.5 Å². The van der Waals surface area contributed by atoms with Crippen molar-refractivity contribution in [3.63, 3.8) is 0 Å². The van der Waals surface area contributed by atoms with Gasteiger partial charge in [-0.25, -0.2) is 9.78 Å². The first-order valence-electron chi connectivity index (χ1n) is 7.73. The number of carbonyl (C=O) groups excluding carboxylic acids is 1. The summed E-state index contributed by atoms with van der Waals surface area (Å²) in [5, 5.41) is 9.15. The molecule has 0 saturated carbocycles. The van der Waals surface area contributed by atoms with Gasteiger partial charge in [-0.15, -0.1) is 22.7 Å². The van der Waals surface area contributed by atoms with Crippen molar-refractivity contribution in [2.45, 2.75) is 6.42 Å². The van der Waals surface area contributed by atoms with E-state index >= 15 is 0 Å². The number of hydrogen-bond donors (Lipinski definition) is 2. The average Bonchev–Trinajstić information content (AvgIpc) is 3.36. The molecule has 0 aliphatic heterocycles. The number of nitrogens with zero attached hydrogens (tertiary/aromatic N) is 2. The van der Waals surface area contributed by atoms with E-state index < -0.39 is 5.76 Å². The van der Waals surface area contributed by atoms with Gasteiger partial charge < -0.3 is 5.32 Å². The van der Waals surface area contributed by atoms with Crippen molar-refractivity contribution < 1.29 is 9.32 Å². The van der Waals surface area contributed by atoms with E-state index in [0.29, 0.717) is 27.1 Å². The zero-order chi connectivity index (χ0) is 18.8. The standard InChI is InChI=1S/C17H11ClN4O3S2/c18-13-5-4-12(27-13)16-20-11(8-26-16)7-14(23)19-10-3-1-2-9(6-10)15-21-17(24)25-22-15/h1-6,8H,7H2,(H,19,23)(H,21,22,24). The fraction of sp³-hybridized carbons (Fsp3) is 0.0588. The molecule has 0 unspecified atom stereocenters. The molecule has 7 nitrogen and oxygen atoms in total. The van der Waals surface area contributed by atoms with Crippen molar-refractivity contribution in [3.05, 3.63) is 62.4 Å². The fourth-order valence-electron chi connectivity index (χ4n) is 2.40. The highest BCUT2D eigenvalue weighted by Crippen LogP contribution is 2.33. The molecule has 0 aliphatic rings. The topological polar surface area (TPSA) is 101 Å². The molecule has 4 rings (SSSR count). The Hall–Kier alpha value is -2.75. The van der Waals surface area contributed by atoms with Gasteiger partial charge in [-0.05, 0) is 24.3 Å². The van der Waals surface area contributed by atoms with Crippen LogP contribution in [0.15, 0.2) is 51.1 Å². The highest BCUT2D eigenvalue weighted by atomic mass is 35.5. The van der Waals surface area contributed by atoms with Crippen LogP contribution in [0, 0.1) is 0 Å². The van der Waals surface area contributed by atoms with Crippen molar-refractivity contribution in [3.8, 4) is 21.3 Å². The fourth-order valence-corrected chi connectivity index (χ4v) is 4.33. The van der Waals surface area contributed by atoms with Crippen LogP contribution in [0.1, 0.15) is 5.69 Å². The average molecular weight is 419 g/mol. The molecule has 27 heavy (non-hydrogen) atoms. The number of anilines is 1. The molecule has 3 aromatic heterocycles. The first-order valence-corrected chi connectivity index (χ1v) is 9.80. The van der Waals surface area contributed by atoms with Gasteiger partial charge in [-0.2, -0.15) is 0 Å². The summed E-state index contributed by atoms with van der Waals surface area (Å²) in [6, 6.07) is 10.7. The second-order valence-corrected chi connectivity index (χ2v) is 8.07. The number of aromatic nitrogens is 3. The predicted octanol–water partition coefficient (Wildman–Crippen LogP) is 4.05. The van der Waals surface area contributed by atoms with Gasteiger partial charge in [0, 0.05) is 16.6 Å². The molecule has 2 N–H and O–H groups in total. The highest BCUT2D eigenvalue weighted by molar-refractivity contribution is 7.23. The number of amides is 1. The third kappa shape index (κ3) is 4.16. The molecule has 0 atom stereocenters. The molecule has 1 amide bonds. The summed E-state index contributed by atoms with van der Waals surface area (Å²) in [6.07, 6.45) is 0.153. The van der Waals surface area contributed by atoms with Crippen LogP contribution < -0.4 is 11.1 Å². The number of hydrogen-bond acceptors (Lipinski definition) is 7. The Bertz CT molecular complexity index is 1160. The summed E-state index contributed by atoms with van der Waals surface area (Å²) in [5.41, 5.74) is 1.90. The second-order valence-electron chi connectivity index (χ2n) is 5.50. The lowest BCUT2D eigenvalue weighted by Crippen LogP contribution is -2.14. The summed E-state index contributed by atoms with van der Waals surface area (Å²) < 4.78 is 5.20. The van der Waals surface area contributed by atoms with Gasteiger partial charge in [0.25, 0.3) is 0 Å². The van der Waals surface area contributed by atoms with Crippen LogP contribution in [0.25, 0.3) is 21.3 Å². The Morgan fingerprint density at radius 3 is 2.93 bits per heavy atom. The number of H-pyrrole nitrogens is 1. The molecule has 0 radical (unpaired) electrons. The molecule has 4 aromatic rings. The molecule has 1 aromatic carbocycles. The van der Waals surface area contributed by atoms with Crippen LogP contribution in [-0.4, -0.2) is 21.0 Å². The predicted molar refractivity (Wildman–Crippen MR) is 105 cm³/mol. The van der Waals surface area contributed by atoms with Crippen LogP contribution in [0.3, 0.4) is 0 Å². The maximum absolute atomic E-state index is 12.3. The van der Waals surface area contributed by atoms with Crippen LogP contribution in [0.5, 0.6) is 0 Å². The minimum absolute atomic E-state index is 0.153. The quantitative estimate of drug-likeness (QED) is 0.509. The van der Waals surface area contributed by atoms with Gasteiger partial charge in [0.05, 0.1) is 21.3 Å². The number of nitrogens with one attached hydrogen (secondary N) is 2. The molecule has 0 spiro atoms. The summed E-state index contributed by atoms with van der Waals surface area (Å²) in [4.78, 5) is 31.3. The number of halogens is 1. The summed E-state index contributed by atoms with van der Waals surface area (Å²) >= 11 is 8.88. The minimum atomic E-state index is -0.634. The lowest BCUT2D eigenvalue weighted by atomic mass is 10.2. The zero-order valence-corrected chi connectivity index (χ0v) is 16.0. The molecular weight excluding hydrogens is 408 g/mol. The number of thiazole rings is 1. The smallest absolute Gasteiger partial charge is 0.326 e. The maximum atomic E-state index is 12.3. The van der Waals surface area contributed by atoms with Crippen molar-refractivity contribution >= 4 is 45.9 Å². The van der Waals surface area contributed by atoms with Crippen LogP contribution >= 0.6 is 34.3 Å². The van der Waals surface area contributed by atoms with E-state index in [1.165, 1.54) is 22.7 Å². The summed E-state index contributed by atoms with van der Waals surface area (Å²) in [6.45, 7) is 0. The van der Waals surface area contributed by atoms with Crippen LogP contribution in [0.2, 0.25) is 4.34 Å². The molecule has 10 heteroatoms. The lowest BCUT2D eigenvalue weighted by Gasteiger charge is -2.05. The minimum Gasteiger partial charge on any atom is -0.326 e. The molecule has 0 bridgehead atoms. The SMILES string of the molecule is O=C(Cc1csc(-c2ccc(Cl)s2)n1)Nc1cccc(-c2noc(=O)[nH]2)c1. The molecule has 136 valence electrons. The summed E-state index contributed by atoms with van der Waals surface area (Å²) in [5.74, 6) is -0.525. The van der Waals surface area contributed by atoms with Crippen molar-refractivity contribution in [1.29, 1.82) is 0 Å². The number of aromatic amines is 1. The van der Waals surface area contributed by atoms with E-state index in [9.17, 15) is 9.59 Å².